The Bertz CT molecular complexity index is 636. The van der Waals surface area contributed by atoms with E-state index in [0.717, 1.165) is 43.9 Å². The van der Waals surface area contributed by atoms with Crippen LogP contribution in [0.15, 0.2) is 29.2 Å². The van der Waals surface area contributed by atoms with E-state index in [2.05, 4.69) is 4.72 Å². The van der Waals surface area contributed by atoms with Crippen LogP contribution in [0.1, 0.15) is 44.1 Å². The van der Waals surface area contributed by atoms with E-state index < -0.39 is 32.2 Å². The molecule has 1 fully saturated rings. The maximum Gasteiger partial charge on any atom is 0.417 e. The lowest BCUT2D eigenvalue weighted by molar-refractivity contribution is -0.139. The number of nitrogens with two attached hydrogens (primary N) is 1. The van der Waals surface area contributed by atoms with Crippen molar-refractivity contribution >= 4 is 10.0 Å². The summed E-state index contributed by atoms with van der Waals surface area (Å²) in [5, 5.41) is 0. The SMILES string of the molecule is NC1(CNS(=O)(=O)c2ccccc2C(F)(F)F)CCCCCC1. The van der Waals surface area contributed by atoms with Crippen molar-refractivity contribution in [3.63, 3.8) is 0 Å². The first-order valence-corrected chi connectivity index (χ1v) is 9.07. The van der Waals surface area contributed by atoms with Crippen molar-refractivity contribution in [2.24, 2.45) is 5.73 Å². The van der Waals surface area contributed by atoms with Gasteiger partial charge < -0.3 is 5.73 Å². The molecule has 0 amide bonds. The van der Waals surface area contributed by atoms with Crippen LogP contribution in [0, 0.1) is 0 Å². The van der Waals surface area contributed by atoms with Crippen molar-refractivity contribution in [1.82, 2.24) is 4.72 Å². The van der Waals surface area contributed by atoms with Gasteiger partial charge in [-0.1, -0.05) is 37.8 Å². The molecule has 0 saturated heterocycles. The molecular weight excluding hydrogens is 329 g/mol. The molecule has 4 nitrogen and oxygen atoms in total. The maximum absolute atomic E-state index is 13.0. The van der Waals surface area contributed by atoms with Crippen LogP contribution in [0.4, 0.5) is 13.2 Å². The maximum atomic E-state index is 13.0. The Balaban J connectivity index is 2.20. The van der Waals surface area contributed by atoms with E-state index >= 15 is 0 Å². The monoisotopic (exact) mass is 350 g/mol. The average Bonchev–Trinajstić information content (AvgIpc) is 2.70. The van der Waals surface area contributed by atoms with Crippen molar-refractivity contribution in [2.45, 2.75) is 55.1 Å². The Labute approximate surface area is 134 Å². The fourth-order valence-electron chi connectivity index (χ4n) is 2.86. The Morgan fingerprint density at radius 2 is 1.65 bits per heavy atom. The third-order valence-electron chi connectivity index (χ3n) is 4.20. The van der Waals surface area contributed by atoms with Gasteiger partial charge >= 0.3 is 6.18 Å². The van der Waals surface area contributed by atoms with Gasteiger partial charge in [-0.15, -0.1) is 0 Å². The predicted molar refractivity (Wildman–Crippen MR) is 81.3 cm³/mol. The third kappa shape index (κ3) is 4.68. The van der Waals surface area contributed by atoms with Crippen LogP contribution in [0.2, 0.25) is 0 Å². The fourth-order valence-corrected chi connectivity index (χ4v) is 4.23. The van der Waals surface area contributed by atoms with E-state index in [-0.39, 0.29) is 6.54 Å². The van der Waals surface area contributed by atoms with Crippen molar-refractivity contribution in [3.8, 4) is 0 Å². The molecule has 0 aromatic heterocycles. The van der Waals surface area contributed by atoms with Gasteiger partial charge in [-0.25, -0.2) is 13.1 Å². The van der Waals surface area contributed by atoms with Gasteiger partial charge in [0.2, 0.25) is 10.0 Å². The first kappa shape index (κ1) is 18.2. The molecule has 0 unspecified atom stereocenters. The minimum Gasteiger partial charge on any atom is -0.324 e. The lowest BCUT2D eigenvalue weighted by Gasteiger charge is -2.28. The molecule has 1 aliphatic rings. The lowest BCUT2D eigenvalue weighted by atomic mass is 9.92. The smallest absolute Gasteiger partial charge is 0.324 e. The molecule has 23 heavy (non-hydrogen) atoms. The van der Waals surface area contributed by atoms with Crippen LogP contribution >= 0.6 is 0 Å². The summed E-state index contributed by atoms with van der Waals surface area (Å²) >= 11 is 0. The number of benzene rings is 1. The summed E-state index contributed by atoms with van der Waals surface area (Å²) in [7, 11) is -4.27. The largest absolute Gasteiger partial charge is 0.417 e. The minimum atomic E-state index is -4.73. The van der Waals surface area contributed by atoms with Gasteiger partial charge in [-0.3, -0.25) is 0 Å². The fraction of sp³-hybridized carbons (Fsp3) is 0.600. The normalized spacial score (nSPS) is 19.3. The Morgan fingerprint density at radius 3 is 2.22 bits per heavy atom. The lowest BCUT2D eigenvalue weighted by Crippen LogP contribution is -2.49. The standard InChI is InChI=1S/C15H21F3N2O2S/c16-15(17,18)12-7-3-4-8-13(12)23(21,22)20-11-14(19)9-5-1-2-6-10-14/h3-4,7-8,20H,1-2,5-6,9-11,19H2. The van der Waals surface area contributed by atoms with Gasteiger partial charge in [0.15, 0.2) is 0 Å². The van der Waals surface area contributed by atoms with E-state index in [1.54, 1.807) is 0 Å². The summed E-state index contributed by atoms with van der Waals surface area (Å²) in [6.07, 6.45) is 0.487. The second kappa shape index (κ2) is 6.78. The van der Waals surface area contributed by atoms with Crippen LogP contribution in [0.5, 0.6) is 0 Å². The highest BCUT2D eigenvalue weighted by atomic mass is 32.2. The second-order valence-corrected chi connectivity index (χ2v) is 7.83. The van der Waals surface area contributed by atoms with E-state index in [0.29, 0.717) is 12.8 Å². The van der Waals surface area contributed by atoms with Gasteiger partial charge in [-0.05, 0) is 25.0 Å². The quantitative estimate of drug-likeness (QED) is 0.820. The molecule has 0 radical (unpaired) electrons. The molecular formula is C15H21F3N2O2S. The van der Waals surface area contributed by atoms with Crippen LogP contribution in [-0.2, 0) is 16.2 Å². The molecule has 0 heterocycles. The molecule has 3 N–H and O–H groups in total. The van der Waals surface area contributed by atoms with Gasteiger partial charge in [0.25, 0.3) is 0 Å². The zero-order valence-electron chi connectivity index (χ0n) is 12.7. The Kier molecular flexibility index (Phi) is 5.37. The van der Waals surface area contributed by atoms with Crippen LogP contribution < -0.4 is 10.5 Å². The molecule has 0 spiro atoms. The van der Waals surface area contributed by atoms with Crippen molar-refractivity contribution in [2.75, 3.05) is 6.54 Å². The summed E-state index contributed by atoms with van der Waals surface area (Å²) in [4.78, 5) is -0.760. The summed E-state index contributed by atoms with van der Waals surface area (Å²) in [5.74, 6) is 0. The molecule has 0 atom stereocenters. The van der Waals surface area contributed by atoms with Crippen molar-refractivity contribution < 1.29 is 21.6 Å². The number of hydrogen-bond acceptors (Lipinski definition) is 3. The van der Waals surface area contributed by atoms with Crippen LogP contribution in [-0.4, -0.2) is 20.5 Å². The molecule has 2 rings (SSSR count). The van der Waals surface area contributed by atoms with Crippen LogP contribution in [0.25, 0.3) is 0 Å². The molecule has 1 aliphatic carbocycles. The van der Waals surface area contributed by atoms with Gasteiger partial charge in [-0.2, -0.15) is 13.2 Å². The van der Waals surface area contributed by atoms with Crippen molar-refractivity contribution in [3.05, 3.63) is 29.8 Å². The number of alkyl halides is 3. The van der Waals surface area contributed by atoms with E-state index in [1.807, 2.05) is 0 Å². The molecule has 1 aromatic rings. The second-order valence-electron chi connectivity index (χ2n) is 6.10. The van der Waals surface area contributed by atoms with E-state index in [9.17, 15) is 21.6 Å². The molecule has 0 bridgehead atoms. The number of sulfonamides is 1. The summed E-state index contributed by atoms with van der Waals surface area (Å²) in [6, 6.07) is 4.16. The first-order valence-electron chi connectivity index (χ1n) is 7.59. The Hall–Kier alpha value is -1.12. The summed E-state index contributed by atoms with van der Waals surface area (Å²) in [5.41, 5.74) is 4.35. The highest BCUT2D eigenvalue weighted by Gasteiger charge is 2.37. The molecule has 0 aliphatic heterocycles. The molecule has 130 valence electrons. The topological polar surface area (TPSA) is 72.2 Å². The molecule has 8 heteroatoms. The van der Waals surface area contributed by atoms with Gasteiger partial charge in [0, 0.05) is 12.1 Å². The number of nitrogens with one attached hydrogen (secondary N) is 1. The summed E-state index contributed by atoms with van der Waals surface area (Å²) in [6.45, 7) is -0.0540. The van der Waals surface area contributed by atoms with E-state index in [1.165, 1.54) is 6.07 Å². The van der Waals surface area contributed by atoms with E-state index in [4.69, 9.17) is 5.73 Å². The Morgan fingerprint density at radius 1 is 1.09 bits per heavy atom. The molecule has 1 aromatic carbocycles. The number of halogens is 3. The van der Waals surface area contributed by atoms with Crippen LogP contribution in [0.3, 0.4) is 0 Å². The first-order chi connectivity index (χ1) is 10.6. The molecule has 1 saturated carbocycles. The summed E-state index contributed by atoms with van der Waals surface area (Å²) < 4.78 is 65.8. The minimum absolute atomic E-state index is 0.0540. The number of rotatable bonds is 4. The zero-order valence-corrected chi connectivity index (χ0v) is 13.5. The third-order valence-corrected chi connectivity index (χ3v) is 5.65. The highest BCUT2D eigenvalue weighted by molar-refractivity contribution is 7.89. The van der Waals surface area contributed by atoms with Gasteiger partial charge in [0.1, 0.15) is 0 Å². The van der Waals surface area contributed by atoms with Gasteiger partial charge in [0.05, 0.1) is 10.5 Å². The highest BCUT2D eigenvalue weighted by Crippen LogP contribution is 2.34. The number of hydrogen-bond donors (Lipinski definition) is 2. The predicted octanol–water partition coefficient (Wildman–Crippen LogP) is 3.04. The zero-order chi connectivity index (χ0) is 17.1. The van der Waals surface area contributed by atoms with Crippen molar-refractivity contribution in [1.29, 1.82) is 0 Å². The average molecular weight is 350 g/mol.